The van der Waals surface area contributed by atoms with Crippen molar-refractivity contribution >= 4 is 0 Å². The first-order valence-electron chi connectivity index (χ1n) is 6.49. The SMILES string of the molecule is [CH2]Cc1ccc(C(C)(C)CCCCC)cc1. The maximum Gasteiger partial charge on any atom is -0.0104 e. The zero-order chi connectivity index (χ0) is 12.0. The molecule has 0 aliphatic heterocycles. The number of benzene rings is 1. The maximum atomic E-state index is 3.91. The lowest BCUT2D eigenvalue weighted by molar-refractivity contribution is 0.450. The van der Waals surface area contributed by atoms with Crippen LogP contribution in [0.25, 0.3) is 0 Å². The van der Waals surface area contributed by atoms with Gasteiger partial charge < -0.3 is 0 Å². The zero-order valence-electron chi connectivity index (χ0n) is 11.1. The van der Waals surface area contributed by atoms with Gasteiger partial charge >= 0.3 is 0 Å². The van der Waals surface area contributed by atoms with E-state index in [-0.39, 0.29) is 0 Å². The minimum Gasteiger partial charge on any atom is -0.0654 e. The smallest absolute Gasteiger partial charge is 0.0104 e. The Morgan fingerprint density at radius 2 is 1.69 bits per heavy atom. The molecule has 16 heavy (non-hydrogen) atoms. The van der Waals surface area contributed by atoms with Gasteiger partial charge in [0.25, 0.3) is 0 Å². The van der Waals surface area contributed by atoms with Gasteiger partial charge in [-0.1, -0.05) is 64.3 Å². The van der Waals surface area contributed by atoms with Crippen molar-refractivity contribution in [1.29, 1.82) is 0 Å². The van der Waals surface area contributed by atoms with Gasteiger partial charge in [0.15, 0.2) is 0 Å². The third-order valence-electron chi connectivity index (χ3n) is 3.43. The summed E-state index contributed by atoms with van der Waals surface area (Å²) in [5, 5.41) is 0. The normalized spacial score (nSPS) is 11.8. The fourth-order valence-electron chi connectivity index (χ4n) is 2.08. The van der Waals surface area contributed by atoms with Gasteiger partial charge in [0.2, 0.25) is 0 Å². The summed E-state index contributed by atoms with van der Waals surface area (Å²) < 4.78 is 0. The summed E-state index contributed by atoms with van der Waals surface area (Å²) in [6, 6.07) is 8.97. The molecule has 1 aromatic carbocycles. The molecule has 1 radical (unpaired) electrons. The standard InChI is InChI=1S/C16H25/c1-5-7-8-13-16(3,4)15-11-9-14(6-2)10-12-15/h9-12H,2,5-8,13H2,1,3-4H3. The van der Waals surface area contributed by atoms with Crippen molar-refractivity contribution in [2.45, 2.75) is 58.3 Å². The topological polar surface area (TPSA) is 0 Å². The first kappa shape index (κ1) is 13.3. The third-order valence-corrected chi connectivity index (χ3v) is 3.43. The van der Waals surface area contributed by atoms with Gasteiger partial charge in [-0.25, -0.2) is 0 Å². The van der Waals surface area contributed by atoms with Crippen LogP contribution in [0.2, 0.25) is 0 Å². The van der Waals surface area contributed by atoms with E-state index in [1.807, 2.05) is 0 Å². The second kappa shape index (κ2) is 6.08. The summed E-state index contributed by atoms with van der Waals surface area (Å²) in [6.07, 6.45) is 6.15. The monoisotopic (exact) mass is 217 g/mol. The van der Waals surface area contributed by atoms with Crippen LogP contribution in [0.5, 0.6) is 0 Å². The van der Waals surface area contributed by atoms with Gasteiger partial charge in [-0.2, -0.15) is 0 Å². The van der Waals surface area contributed by atoms with Crippen LogP contribution in [0, 0.1) is 6.92 Å². The highest BCUT2D eigenvalue weighted by atomic mass is 14.2. The Morgan fingerprint density at radius 1 is 1.06 bits per heavy atom. The van der Waals surface area contributed by atoms with Gasteiger partial charge in [-0.05, 0) is 36.3 Å². The van der Waals surface area contributed by atoms with Crippen molar-refractivity contribution in [2.24, 2.45) is 0 Å². The van der Waals surface area contributed by atoms with Crippen LogP contribution in [-0.4, -0.2) is 0 Å². The Bertz CT molecular complexity index is 292. The Morgan fingerprint density at radius 3 is 2.19 bits per heavy atom. The van der Waals surface area contributed by atoms with E-state index in [0.717, 1.165) is 6.42 Å². The molecule has 0 saturated carbocycles. The predicted molar refractivity (Wildman–Crippen MR) is 72.7 cm³/mol. The number of unbranched alkanes of at least 4 members (excludes halogenated alkanes) is 2. The van der Waals surface area contributed by atoms with Crippen LogP contribution in [-0.2, 0) is 11.8 Å². The molecule has 0 heteroatoms. The molecule has 0 N–H and O–H groups in total. The highest BCUT2D eigenvalue weighted by Crippen LogP contribution is 2.29. The van der Waals surface area contributed by atoms with E-state index in [4.69, 9.17) is 0 Å². The van der Waals surface area contributed by atoms with Crippen LogP contribution in [0.3, 0.4) is 0 Å². The average Bonchev–Trinajstić information content (AvgIpc) is 2.29. The Kier molecular flexibility index (Phi) is 5.05. The molecule has 1 rings (SSSR count). The van der Waals surface area contributed by atoms with Gasteiger partial charge in [0.05, 0.1) is 0 Å². The lowest BCUT2D eigenvalue weighted by Crippen LogP contribution is -2.16. The van der Waals surface area contributed by atoms with Crippen molar-refractivity contribution < 1.29 is 0 Å². The first-order chi connectivity index (χ1) is 7.60. The predicted octanol–water partition coefficient (Wildman–Crippen LogP) is 4.92. The van der Waals surface area contributed by atoms with Gasteiger partial charge in [-0.15, -0.1) is 0 Å². The third kappa shape index (κ3) is 3.66. The summed E-state index contributed by atoms with van der Waals surface area (Å²) in [6.45, 7) is 10.9. The van der Waals surface area contributed by atoms with Crippen molar-refractivity contribution in [1.82, 2.24) is 0 Å². The Labute approximate surface area is 101 Å². The molecule has 0 saturated heterocycles. The quantitative estimate of drug-likeness (QED) is 0.593. The lowest BCUT2D eigenvalue weighted by Gasteiger charge is -2.25. The maximum absolute atomic E-state index is 3.91. The molecule has 0 aliphatic rings. The molecule has 0 unspecified atom stereocenters. The second-order valence-electron chi connectivity index (χ2n) is 5.29. The molecule has 0 aliphatic carbocycles. The highest BCUT2D eigenvalue weighted by molar-refractivity contribution is 5.28. The molecular weight excluding hydrogens is 192 g/mol. The molecular formula is C16H25. The molecule has 0 fully saturated rings. The molecule has 89 valence electrons. The molecule has 1 aromatic rings. The van der Waals surface area contributed by atoms with Gasteiger partial charge in [0.1, 0.15) is 0 Å². The second-order valence-corrected chi connectivity index (χ2v) is 5.29. The van der Waals surface area contributed by atoms with E-state index < -0.39 is 0 Å². The minimum atomic E-state index is 0.314. The molecule has 0 spiro atoms. The molecule has 0 aromatic heterocycles. The molecule has 0 heterocycles. The van der Waals surface area contributed by atoms with Crippen molar-refractivity contribution in [3.63, 3.8) is 0 Å². The summed E-state index contributed by atoms with van der Waals surface area (Å²) >= 11 is 0. The van der Waals surface area contributed by atoms with E-state index >= 15 is 0 Å². The number of hydrogen-bond donors (Lipinski definition) is 0. The van der Waals surface area contributed by atoms with Crippen LogP contribution >= 0.6 is 0 Å². The molecule has 0 amide bonds. The van der Waals surface area contributed by atoms with Crippen LogP contribution in [0.15, 0.2) is 24.3 Å². The van der Waals surface area contributed by atoms with Crippen molar-refractivity contribution in [3.8, 4) is 0 Å². The van der Waals surface area contributed by atoms with E-state index in [1.54, 1.807) is 0 Å². The summed E-state index contributed by atoms with van der Waals surface area (Å²) in [5.41, 5.74) is 3.10. The zero-order valence-corrected chi connectivity index (χ0v) is 11.1. The lowest BCUT2D eigenvalue weighted by atomic mass is 9.80. The summed E-state index contributed by atoms with van der Waals surface area (Å²) in [7, 11) is 0. The van der Waals surface area contributed by atoms with Crippen LogP contribution < -0.4 is 0 Å². The average molecular weight is 217 g/mol. The Balaban J connectivity index is 2.65. The van der Waals surface area contributed by atoms with E-state index in [2.05, 4.69) is 52.0 Å². The first-order valence-corrected chi connectivity index (χ1v) is 6.49. The summed E-state index contributed by atoms with van der Waals surface area (Å²) in [5.74, 6) is 0. The van der Waals surface area contributed by atoms with Gasteiger partial charge in [0, 0.05) is 0 Å². The number of hydrogen-bond acceptors (Lipinski definition) is 0. The fourth-order valence-corrected chi connectivity index (χ4v) is 2.08. The molecule has 0 bridgehead atoms. The van der Waals surface area contributed by atoms with Crippen molar-refractivity contribution in [3.05, 3.63) is 42.3 Å². The molecule has 0 nitrogen and oxygen atoms in total. The number of rotatable bonds is 6. The summed E-state index contributed by atoms with van der Waals surface area (Å²) in [4.78, 5) is 0. The largest absolute Gasteiger partial charge is 0.0654 e. The Hall–Kier alpha value is -0.780. The van der Waals surface area contributed by atoms with E-state index in [1.165, 1.54) is 36.8 Å². The minimum absolute atomic E-state index is 0.314. The van der Waals surface area contributed by atoms with Crippen LogP contribution in [0.4, 0.5) is 0 Å². The van der Waals surface area contributed by atoms with Crippen molar-refractivity contribution in [2.75, 3.05) is 0 Å². The van der Waals surface area contributed by atoms with Crippen LogP contribution in [0.1, 0.15) is 57.6 Å². The van der Waals surface area contributed by atoms with Gasteiger partial charge in [-0.3, -0.25) is 0 Å². The van der Waals surface area contributed by atoms with E-state index in [0.29, 0.717) is 5.41 Å². The fraction of sp³-hybridized carbons (Fsp3) is 0.562. The highest BCUT2D eigenvalue weighted by Gasteiger charge is 2.19. The molecule has 0 atom stereocenters. The van der Waals surface area contributed by atoms with E-state index in [9.17, 15) is 0 Å².